The van der Waals surface area contributed by atoms with Crippen molar-refractivity contribution in [1.82, 2.24) is 0 Å². The summed E-state index contributed by atoms with van der Waals surface area (Å²) < 4.78 is 16.1. The monoisotopic (exact) mass is 434 g/mol. The summed E-state index contributed by atoms with van der Waals surface area (Å²) in [5, 5.41) is 9.51. The van der Waals surface area contributed by atoms with Crippen molar-refractivity contribution in [3.63, 3.8) is 0 Å². The molecular formula is C18H21Cl2O6P. The standard InChI is InChI=1S/C9H8Cl2O3.C9H13O3P/c1-5(9(12)13)14-8-3-2-6(10)4-7(8)11;1-7(2)8-5-3-4-6-9(8)13(10,11)12/h2-5H,1H3,(H,12,13);3-7H,1-2H3,(H2,10,11,12). The van der Waals surface area contributed by atoms with Gasteiger partial charge in [0.05, 0.1) is 10.3 Å². The number of carboxylic acids is 1. The van der Waals surface area contributed by atoms with Crippen molar-refractivity contribution in [2.24, 2.45) is 0 Å². The SMILES string of the molecule is CC(C)c1ccccc1P(=O)(O)O.CC(Oc1ccc(Cl)cc1Cl)C(=O)O. The second-order valence-corrected chi connectivity index (χ2v) is 8.34. The molecule has 2 rings (SSSR count). The maximum absolute atomic E-state index is 11.1. The van der Waals surface area contributed by atoms with E-state index in [-0.39, 0.29) is 11.2 Å². The van der Waals surface area contributed by atoms with E-state index in [0.717, 1.165) is 5.56 Å². The van der Waals surface area contributed by atoms with E-state index in [9.17, 15) is 9.36 Å². The molecule has 0 aromatic heterocycles. The van der Waals surface area contributed by atoms with Gasteiger partial charge in [-0.25, -0.2) is 4.79 Å². The van der Waals surface area contributed by atoms with Gasteiger partial charge in [0.25, 0.3) is 0 Å². The maximum Gasteiger partial charge on any atom is 0.356 e. The molecule has 1 atom stereocenters. The third kappa shape index (κ3) is 7.53. The van der Waals surface area contributed by atoms with Gasteiger partial charge in [0.15, 0.2) is 6.10 Å². The summed E-state index contributed by atoms with van der Waals surface area (Å²) in [4.78, 5) is 28.5. The number of carbonyl (C=O) groups is 1. The summed E-state index contributed by atoms with van der Waals surface area (Å²) in [6.45, 7) is 5.25. The minimum absolute atomic E-state index is 0.129. The van der Waals surface area contributed by atoms with E-state index in [4.69, 9.17) is 42.8 Å². The summed E-state index contributed by atoms with van der Waals surface area (Å²) in [7, 11) is -4.11. The van der Waals surface area contributed by atoms with Crippen molar-refractivity contribution in [3.05, 3.63) is 58.1 Å². The summed E-state index contributed by atoms with van der Waals surface area (Å²) in [6.07, 6.45) is -0.936. The first-order valence-corrected chi connectivity index (χ1v) is 10.3. The number of ether oxygens (including phenoxy) is 1. The van der Waals surface area contributed by atoms with Crippen LogP contribution in [0.25, 0.3) is 0 Å². The van der Waals surface area contributed by atoms with Crippen LogP contribution in [0.2, 0.25) is 10.0 Å². The Kier molecular flexibility index (Phi) is 8.79. The molecular weight excluding hydrogens is 414 g/mol. The first kappa shape index (κ1) is 23.5. The molecule has 148 valence electrons. The third-order valence-corrected chi connectivity index (χ3v) is 4.98. The van der Waals surface area contributed by atoms with Gasteiger partial charge >= 0.3 is 13.6 Å². The summed E-state index contributed by atoms with van der Waals surface area (Å²) in [5.41, 5.74) is 0.718. The quantitative estimate of drug-likeness (QED) is 0.600. The predicted octanol–water partition coefficient (Wildman–Crippen LogP) is 4.46. The van der Waals surface area contributed by atoms with Gasteiger partial charge in [-0.3, -0.25) is 4.57 Å². The van der Waals surface area contributed by atoms with Crippen LogP contribution < -0.4 is 10.0 Å². The molecule has 27 heavy (non-hydrogen) atoms. The maximum atomic E-state index is 11.1. The molecule has 3 N–H and O–H groups in total. The fourth-order valence-corrected chi connectivity index (χ4v) is 3.46. The minimum atomic E-state index is -4.11. The normalized spacial score (nSPS) is 12.1. The Bertz CT molecular complexity index is 834. The number of rotatable bonds is 5. The van der Waals surface area contributed by atoms with E-state index in [2.05, 4.69) is 0 Å². The van der Waals surface area contributed by atoms with Crippen LogP contribution >= 0.6 is 30.8 Å². The number of carboxylic acid groups (broad SMARTS) is 1. The molecule has 0 spiro atoms. The molecule has 0 fully saturated rings. The molecule has 0 aliphatic heterocycles. The summed E-state index contributed by atoms with van der Waals surface area (Å²) in [6, 6.07) is 11.3. The topological polar surface area (TPSA) is 104 Å². The van der Waals surface area contributed by atoms with Crippen LogP contribution in [-0.2, 0) is 9.36 Å². The zero-order valence-corrected chi connectivity index (χ0v) is 17.4. The number of halogens is 2. The summed E-state index contributed by atoms with van der Waals surface area (Å²) >= 11 is 11.4. The predicted molar refractivity (Wildman–Crippen MR) is 106 cm³/mol. The molecule has 0 amide bonds. The van der Waals surface area contributed by atoms with E-state index >= 15 is 0 Å². The van der Waals surface area contributed by atoms with Crippen LogP contribution in [0.1, 0.15) is 32.3 Å². The average molecular weight is 435 g/mol. The Morgan fingerprint density at radius 1 is 1.07 bits per heavy atom. The lowest BCUT2D eigenvalue weighted by Gasteiger charge is -2.12. The van der Waals surface area contributed by atoms with E-state index in [0.29, 0.717) is 15.8 Å². The molecule has 0 saturated heterocycles. The number of aliphatic carboxylic acids is 1. The molecule has 9 heteroatoms. The average Bonchev–Trinajstić information content (AvgIpc) is 2.57. The van der Waals surface area contributed by atoms with Crippen LogP contribution in [0, 0.1) is 0 Å². The molecule has 2 aromatic carbocycles. The van der Waals surface area contributed by atoms with Gasteiger partial charge in [-0.2, -0.15) is 0 Å². The highest BCUT2D eigenvalue weighted by Crippen LogP contribution is 2.36. The Morgan fingerprint density at radius 3 is 2.11 bits per heavy atom. The molecule has 2 aromatic rings. The second-order valence-electron chi connectivity index (χ2n) is 5.93. The smallest absolute Gasteiger partial charge is 0.356 e. The Morgan fingerprint density at radius 2 is 1.67 bits per heavy atom. The van der Waals surface area contributed by atoms with Crippen LogP contribution in [0.4, 0.5) is 0 Å². The zero-order chi connectivity index (χ0) is 20.8. The Labute approximate surface area is 167 Å². The molecule has 1 unspecified atom stereocenters. The van der Waals surface area contributed by atoms with Crippen molar-refractivity contribution in [2.75, 3.05) is 0 Å². The van der Waals surface area contributed by atoms with Gasteiger partial charge in [-0.1, -0.05) is 55.2 Å². The first-order chi connectivity index (χ1) is 12.4. The molecule has 0 heterocycles. The van der Waals surface area contributed by atoms with Gasteiger partial charge in [0, 0.05) is 5.02 Å². The lowest BCUT2D eigenvalue weighted by atomic mass is 10.0. The van der Waals surface area contributed by atoms with Crippen LogP contribution in [-0.4, -0.2) is 27.0 Å². The Balaban J connectivity index is 0.000000271. The fourth-order valence-electron chi connectivity index (χ4n) is 2.05. The fraction of sp³-hybridized carbons (Fsp3) is 0.278. The van der Waals surface area contributed by atoms with Gasteiger partial charge in [-0.05, 0) is 42.7 Å². The molecule has 0 radical (unpaired) electrons. The number of hydrogen-bond acceptors (Lipinski definition) is 3. The van der Waals surface area contributed by atoms with Crippen molar-refractivity contribution in [3.8, 4) is 5.75 Å². The minimum Gasteiger partial charge on any atom is -0.479 e. The van der Waals surface area contributed by atoms with Crippen molar-refractivity contribution in [2.45, 2.75) is 32.8 Å². The number of hydrogen-bond donors (Lipinski definition) is 3. The highest BCUT2D eigenvalue weighted by Gasteiger charge is 2.21. The van der Waals surface area contributed by atoms with Gasteiger partial charge in [0.2, 0.25) is 0 Å². The van der Waals surface area contributed by atoms with E-state index in [1.807, 2.05) is 13.8 Å². The van der Waals surface area contributed by atoms with Gasteiger partial charge in [0.1, 0.15) is 5.75 Å². The highest BCUT2D eigenvalue weighted by atomic mass is 35.5. The lowest BCUT2D eigenvalue weighted by molar-refractivity contribution is -0.144. The molecule has 0 aliphatic rings. The second kappa shape index (κ2) is 10.1. The third-order valence-electron chi connectivity index (χ3n) is 3.42. The van der Waals surface area contributed by atoms with Crippen molar-refractivity contribution >= 4 is 42.1 Å². The van der Waals surface area contributed by atoms with Gasteiger partial charge in [-0.15, -0.1) is 0 Å². The first-order valence-electron chi connectivity index (χ1n) is 7.93. The van der Waals surface area contributed by atoms with E-state index in [1.54, 1.807) is 24.3 Å². The van der Waals surface area contributed by atoms with Gasteiger partial charge < -0.3 is 19.6 Å². The lowest BCUT2D eigenvalue weighted by Crippen LogP contribution is -2.22. The number of benzene rings is 2. The largest absolute Gasteiger partial charge is 0.479 e. The molecule has 0 aliphatic carbocycles. The van der Waals surface area contributed by atoms with Crippen LogP contribution in [0.5, 0.6) is 5.75 Å². The highest BCUT2D eigenvalue weighted by molar-refractivity contribution is 7.60. The zero-order valence-electron chi connectivity index (χ0n) is 15.0. The van der Waals surface area contributed by atoms with Crippen molar-refractivity contribution in [1.29, 1.82) is 0 Å². The van der Waals surface area contributed by atoms with Crippen LogP contribution in [0.3, 0.4) is 0 Å². The summed E-state index contributed by atoms with van der Waals surface area (Å²) in [5.74, 6) is -0.606. The molecule has 0 saturated carbocycles. The Hall–Kier alpha value is -1.56. The van der Waals surface area contributed by atoms with Crippen molar-refractivity contribution < 1.29 is 29.0 Å². The van der Waals surface area contributed by atoms with E-state index in [1.165, 1.54) is 25.1 Å². The molecule has 0 bridgehead atoms. The molecule has 6 nitrogen and oxygen atoms in total. The van der Waals surface area contributed by atoms with E-state index < -0.39 is 19.7 Å². The van der Waals surface area contributed by atoms with Crippen LogP contribution in [0.15, 0.2) is 42.5 Å².